The summed E-state index contributed by atoms with van der Waals surface area (Å²) >= 11 is 5.97. The first kappa shape index (κ1) is 21.8. The van der Waals surface area contributed by atoms with Crippen molar-refractivity contribution >= 4 is 40.7 Å². The number of nitrogens with one attached hydrogen (secondary N) is 3. The molecule has 0 atom stereocenters. The maximum Gasteiger partial charge on any atom is 0.270 e. The first-order valence-electron chi connectivity index (χ1n) is 8.33. The van der Waals surface area contributed by atoms with Crippen LogP contribution in [0.2, 0.25) is 5.02 Å². The summed E-state index contributed by atoms with van der Waals surface area (Å²) in [5.41, 5.74) is 4.59. The van der Waals surface area contributed by atoms with Crippen molar-refractivity contribution in [2.75, 3.05) is 25.5 Å². The molecule has 2 aromatic carbocycles. The minimum Gasteiger partial charge on any atom is -0.324 e. The Balaban J connectivity index is 1.79. The zero-order valence-electron chi connectivity index (χ0n) is 15.3. The topological polar surface area (TPSA) is 134 Å². The molecule has 0 fully saturated rings. The zero-order chi connectivity index (χ0) is 21.4. The van der Waals surface area contributed by atoms with Crippen LogP contribution in [-0.4, -0.2) is 47.7 Å². The molecule has 0 unspecified atom stereocenters. The van der Waals surface area contributed by atoms with E-state index < -0.39 is 16.7 Å². The number of para-hydroxylation sites is 1. The fourth-order valence-electron chi connectivity index (χ4n) is 2.30. The molecular weight excluding hydrogens is 402 g/mol. The molecule has 0 aliphatic carbocycles. The van der Waals surface area contributed by atoms with E-state index >= 15 is 0 Å². The number of halogens is 1. The fraction of sp³-hybridized carbons (Fsp3) is 0.167. The number of hydrogen-bond donors (Lipinski definition) is 3. The molecule has 10 nitrogen and oxygen atoms in total. The molecular formula is C18H18ClN5O5. The highest BCUT2D eigenvalue weighted by molar-refractivity contribution is 6.33. The number of nitro groups is 1. The number of rotatable bonds is 7. The second kappa shape index (κ2) is 10.2. The van der Waals surface area contributed by atoms with E-state index in [9.17, 15) is 24.5 Å². The van der Waals surface area contributed by atoms with Crippen LogP contribution in [0.3, 0.4) is 0 Å². The number of carbonyl (C=O) groups is 3. The SMILES string of the molecule is CN(CC(=O)NNC(=O)c1cccc([N+](=O)[O-])c1)CC(=O)Nc1ccccc1Cl. The molecule has 0 saturated heterocycles. The van der Waals surface area contributed by atoms with Crippen molar-refractivity contribution in [2.24, 2.45) is 0 Å². The number of likely N-dealkylation sites (N-methyl/N-ethyl adjacent to an activating group) is 1. The second-order valence-electron chi connectivity index (χ2n) is 6.01. The predicted octanol–water partition coefficient (Wildman–Crippen LogP) is 1.58. The molecule has 0 aliphatic heterocycles. The summed E-state index contributed by atoms with van der Waals surface area (Å²) in [6.07, 6.45) is 0. The molecule has 152 valence electrons. The van der Waals surface area contributed by atoms with Crippen molar-refractivity contribution in [1.29, 1.82) is 0 Å². The molecule has 0 radical (unpaired) electrons. The van der Waals surface area contributed by atoms with Gasteiger partial charge in [0.05, 0.1) is 28.7 Å². The van der Waals surface area contributed by atoms with E-state index in [-0.39, 0.29) is 30.2 Å². The molecule has 3 amide bonds. The van der Waals surface area contributed by atoms with Gasteiger partial charge in [0, 0.05) is 17.7 Å². The molecule has 3 N–H and O–H groups in total. The molecule has 29 heavy (non-hydrogen) atoms. The van der Waals surface area contributed by atoms with Gasteiger partial charge in [-0.25, -0.2) is 0 Å². The van der Waals surface area contributed by atoms with Gasteiger partial charge in [0.15, 0.2) is 0 Å². The molecule has 0 spiro atoms. The summed E-state index contributed by atoms with van der Waals surface area (Å²) in [7, 11) is 1.55. The Morgan fingerprint density at radius 2 is 1.72 bits per heavy atom. The van der Waals surface area contributed by atoms with Crippen LogP contribution >= 0.6 is 11.6 Å². The average Bonchev–Trinajstić information content (AvgIpc) is 2.67. The third-order valence-electron chi connectivity index (χ3n) is 3.61. The van der Waals surface area contributed by atoms with E-state index in [1.165, 1.54) is 23.1 Å². The Morgan fingerprint density at radius 3 is 2.41 bits per heavy atom. The van der Waals surface area contributed by atoms with Crippen LogP contribution in [-0.2, 0) is 9.59 Å². The van der Waals surface area contributed by atoms with Gasteiger partial charge in [-0.2, -0.15) is 0 Å². The van der Waals surface area contributed by atoms with Gasteiger partial charge in [-0.1, -0.05) is 29.8 Å². The van der Waals surface area contributed by atoms with E-state index in [1.54, 1.807) is 31.3 Å². The minimum atomic E-state index is -0.707. The summed E-state index contributed by atoms with van der Waals surface area (Å²) in [6, 6.07) is 11.8. The van der Waals surface area contributed by atoms with Gasteiger partial charge in [0.1, 0.15) is 0 Å². The molecule has 0 aromatic heterocycles. The lowest BCUT2D eigenvalue weighted by Crippen LogP contribution is -2.46. The smallest absolute Gasteiger partial charge is 0.270 e. The van der Waals surface area contributed by atoms with Gasteiger partial charge < -0.3 is 5.32 Å². The first-order valence-corrected chi connectivity index (χ1v) is 8.70. The van der Waals surface area contributed by atoms with Crippen molar-refractivity contribution in [3.8, 4) is 0 Å². The third kappa shape index (κ3) is 6.87. The maximum absolute atomic E-state index is 12.0. The van der Waals surface area contributed by atoms with Crippen molar-refractivity contribution in [3.05, 3.63) is 69.2 Å². The molecule has 0 saturated carbocycles. The lowest BCUT2D eigenvalue weighted by Gasteiger charge is -2.16. The van der Waals surface area contributed by atoms with Crippen molar-refractivity contribution in [3.63, 3.8) is 0 Å². The Morgan fingerprint density at radius 1 is 1.03 bits per heavy atom. The standard InChI is InChI=1S/C18H18ClN5O5/c1-23(10-16(25)20-15-8-3-2-7-14(15)19)11-17(26)21-22-18(27)12-5-4-6-13(9-12)24(28)29/h2-9H,10-11H2,1H3,(H,20,25)(H,21,26)(H,22,27). The van der Waals surface area contributed by atoms with Crippen molar-refractivity contribution in [1.82, 2.24) is 15.8 Å². The van der Waals surface area contributed by atoms with Crippen LogP contribution < -0.4 is 16.2 Å². The molecule has 11 heteroatoms. The van der Waals surface area contributed by atoms with E-state index in [2.05, 4.69) is 16.2 Å². The van der Waals surface area contributed by atoms with Crippen molar-refractivity contribution < 1.29 is 19.3 Å². The van der Waals surface area contributed by atoms with Gasteiger partial charge in [0.25, 0.3) is 17.5 Å². The Kier molecular flexibility index (Phi) is 7.63. The lowest BCUT2D eigenvalue weighted by molar-refractivity contribution is -0.384. The lowest BCUT2D eigenvalue weighted by atomic mass is 10.2. The van der Waals surface area contributed by atoms with Crippen LogP contribution in [0.15, 0.2) is 48.5 Å². The van der Waals surface area contributed by atoms with Gasteiger partial charge in [-0.3, -0.25) is 40.2 Å². The third-order valence-corrected chi connectivity index (χ3v) is 3.94. The summed E-state index contributed by atoms with van der Waals surface area (Å²) in [6.45, 7) is -0.261. The van der Waals surface area contributed by atoms with Gasteiger partial charge in [-0.15, -0.1) is 0 Å². The second-order valence-corrected chi connectivity index (χ2v) is 6.42. The number of non-ortho nitro benzene ring substituents is 1. The minimum absolute atomic E-state index is 0.0203. The fourth-order valence-corrected chi connectivity index (χ4v) is 2.48. The summed E-state index contributed by atoms with van der Waals surface area (Å²) in [4.78, 5) is 47.5. The number of hydrogen-bond acceptors (Lipinski definition) is 6. The largest absolute Gasteiger partial charge is 0.324 e. The number of carbonyl (C=O) groups excluding carboxylic acids is 3. The average molecular weight is 420 g/mol. The molecule has 0 bridgehead atoms. The van der Waals surface area contributed by atoms with E-state index in [0.717, 1.165) is 6.07 Å². The Hall–Kier alpha value is -3.50. The van der Waals surface area contributed by atoms with Crippen molar-refractivity contribution in [2.45, 2.75) is 0 Å². The molecule has 2 aromatic rings. The number of nitro benzene ring substituents is 1. The van der Waals surface area contributed by atoms with Crippen LogP contribution in [0.4, 0.5) is 11.4 Å². The summed E-state index contributed by atoms with van der Waals surface area (Å²) in [5.74, 6) is -1.65. The van der Waals surface area contributed by atoms with E-state index in [1.807, 2.05) is 0 Å². The van der Waals surface area contributed by atoms with Crippen LogP contribution in [0.25, 0.3) is 0 Å². The van der Waals surface area contributed by atoms with E-state index in [0.29, 0.717) is 10.7 Å². The van der Waals surface area contributed by atoms with Gasteiger partial charge in [0.2, 0.25) is 5.91 Å². The number of hydrazine groups is 1. The Labute approximate surface area is 170 Å². The zero-order valence-corrected chi connectivity index (χ0v) is 16.1. The van der Waals surface area contributed by atoms with Gasteiger partial charge >= 0.3 is 0 Å². The number of amides is 3. The highest BCUT2D eigenvalue weighted by Crippen LogP contribution is 2.20. The predicted molar refractivity (Wildman–Crippen MR) is 106 cm³/mol. The van der Waals surface area contributed by atoms with Gasteiger partial charge in [-0.05, 0) is 25.2 Å². The molecule has 0 aliphatic rings. The monoisotopic (exact) mass is 419 g/mol. The summed E-state index contributed by atoms with van der Waals surface area (Å²) < 4.78 is 0. The van der Waals surface area contributed by atoms with Crippen LogP contribution in [0.1, 0.15) is 10.4 Å². The van der Waals surface area contributed by atoms with Crippen LogP contribution in [0.5, 0.6) is 0 Å². The molecule has 2 rings (SSSR count). The normalized spacial score (nSPS) is 10.3. The first-order chi connectivity index (χ1) is 13.8. The number of nitrogens with zero attached hydrogens (tertiary/aromatic N) is 2. The summed E-state index contributed by atoms with van der Waals surface area (Å²) in [5, 5.41) is 13.8. The number of benzene rings is 2. The highest BCUT2D eigenvalue weighted by Gasteiger charge is 2.14. The molecule has 0 heterocycles. The quantitative estimate of drug-likeness (QED) is 0.461. The Bertz CT molecular complexity index is 936. The number of anilines is 1. The maximum atomic E-state index is 12.0. The van der Waals surface area contributed by atoms with Crippen LogP contribution in [0, 0.1) is 10.1 Å². The van der Waals surface area contributed by atoms with E-state index in [4.69, 9.17) is 11.6 Å². The highest BCUT2D eigenvalue weighted by atomic mass is 35.5.